The van der Waals surface area contributed by atoms with Crippen molar-refractivity contribution in [1.82, 2.24) is 0 Å². The molecule has 0 spiro atoms. The molecule has 0 bridgehead atoms. The summed E-state index contributed by atoms with van der Waals surface area (Å²) in [4.78, 5) is 0. The first-order chi connectivity index (χ1) is 6.94. The van der Waals surface area contributed by atoms with Crippen LogP contribution in [0, 0.1) is 6.92 Å². The third-order valence-corrected chi connectivity index (χ3v) is 1.77. The lowest BCUT2D eigenvalue weighted by Crippen LogP contribution is -2.19. The molecule has 0 atom stereocenters. The summed E-state index contributed by atoms with van der Waals surface area (Å²) in [6.45, 7) is 0.423. The van der Waals surface area contributed by atoms with E-state index in [1.165, 1.54) is 13.2 Å². The van der Waals surface area contributed by atoms with Gasteiger partial charge in [0.25, 0.3) is 0 Å². The summed E-state index contributed by atoms with van der Waals surface area (Å²) in [6.07, 6.45) is -4.34. The highest BCUT2D eigenvalue weighted by atomic mass is 19.4. The zero-order valence-electron chi connectivity index (χ0n) is 8.39. The summed E-state index contributed by atoms with van der Waals surface area (Å²) in [5.74, 6) is 0.441. The molecule has 0 amide bonds. The fourth-order valence-corrected chi connectivity index (χ4v) is 1.16. The van der Waals surface area contributed by atoms with Gasteiger partial charge < -0.3 is 9.47 Å². The van der Waals surface area contributed by atoms with Gasteiger partial charge in [0, 0.05) is 0 Å². The number of benzene rings is 1. The maximum absolute atomic E-state index is 11.9. The van der Waals surface area contributed by atoms with Crippen LogP contribution in [0.1, 0.15) is 5.56 Å². The van der Waals surface area contributed by atoms with Gasteiger partial charge in [-0.1, -0.05) is 12.1 Å². The Hall–Kier alpha value is -1.39. The van der Waals surface area contributed by atoms with E-state index in [9.17, 15) is 13.2 Å². The number of methoxy groups -OCH3 is 1. The molecular formula is C10H11F3O2. The minimum atomic E-state index is -4.34. The van der Waals surface area contributed by atoms with Crippen LogP contribution in [0.25, 0.3) is 0 Å². The minimum absolute atomic E-state index is 0.106. The van der Waals surface area contributed by atoms with Gasteiger partial charge in [-0.15, -0.1) is 0 Å². The van der Waals surface area contributed by atoms with Crippen LogP contribution in [0.3, 0.4) is 0 Å². The van der Waals surface area contributed by atoms with Gasteiger partial charge in [0.1, 0.15) is 0 Å². The Kier molecular flexibility index (Phi) is 3.44. The Morgan fingerprint density at radius 3 is 2.47 bits per heavy atom. The Morgan fingerprint density at radius 2 is 1.93 bits per heavy atom. The molecule has 0 saturated heterocycles. The first-order valence-corrected chi connectivity index (χ1v) is 4.27. The van der Waals surface area contributed by atoms with E-state index in [4.69, 9.17) is 4.74 Å². The molecule has 0 unspecified atom stereocenters. The molecule has 0 radical (unpaired) electrons. The quantitative estimate of drug-likeness (QED) is 0.779. The molecule has 0 N–H and O–H groups in total. The van der Waals surface area contributed by atoms with Crippen molar-refractivity contribution in [2.24, 2.45) is 0 Å². The number of para-hydroxylation sites is 1. The van der Waals surface area contributed by atoms with Crippen molar-refractivity contribution in [2.45, 2.75) is 13.1 Å². The van der Waals surface area contributed by atoms with Gasteiger partial charge >= 0.3 is 6.18 Å². The lowest BCUT2D eigenvalue weighted by Gasteiger charge is -2.13. The number of hydrogen-bond acceptors (Lipinski definition) is 2. The fourth-order valence-electron chi connectivity index (χ4n) is 1.16. The third kappa shape index (κ3) is 3.34. The second kappa shape index (κ2) is 4.42. The molecule has 0 saturated carbocycles. The predicted octanol–water partition coefficient (Wildman–Crippen LogP) is 2.94. The van der Waals surface area contributed by atoms with Gasteiger partial charge in [-0.3, -0.25) is 0 Å². The summed E-state index contributed by atoms with van der Waals surface area (Å²) < 4.78 is 45.3. The lowest BCUT2D eigenvalue weighted by atomic mass is 10.2. The molecule has 84 valence electrons. The minimum Gasteiger partial charge on any atom is -0.493 e. The maximum atomic E-state index is 11.9. The largest absolute Gasteiger partial charge is 0.493 e. The number of halogens is 3. The van der Waals surface area contributed by atoms with Gasteiger partial charge in [0.2, 0.25) is 0 Å². The van der Waals surface area contributed by atoms with E-state index in [0.717, 1.165) is 5.56 Å². The van der Waals surface area contributed by atoms with E-state index in [-0.39, 0.29) is 5.75 Å². The van der Waals surface area contributed by atoms with Crippen molar-refractivity contribution in [3.8, 4) is 11.5 Å². The molecule has 0 fully saturated rings. The number of alkyl halides is 3. The van der Waals surface area contributed by atoms with Gasteiger partial charge in [-0.05, 0) is 18.6 Å². The molecule has 0 aliphatic carbocycles. The fraction of sp³-hybridized carbons (Fsp3) is 0.400. The van der Waals surface area contributed by atoms with Crippen molar-refractivity contribution in [3.05, 3.63) is 23.8 Å². The molecule has 1 aromatic carbocycles. The molecule has 1 rings (SSSR count). The zero-order valence-corrected chi connectivity index (χ0v) is 8.39. The van der Waals surface area contributed by atoms with Crippen molar-refractivity contribution < 1.29 is 22.6 Å². The third-order valence-electron chi connectivity index (χ3n) is 1.77. The highest BCUT2D eigenvalue weighted by molar-refractivity contribution is 5.45. The standard InChI is InChI=1S/C10H11F3O2/c1-7-4-3-5-8(9(7)14-2)15-6-10(11,12)13/h3-5H,6H2,1-2H3. The Balaban J connectivity index is 2.81. The average molecular weight is 220 g/mol. The smallest absolute Gasteiger partial charge is 0.422 e. The summed E-state index contributed by atoms with van der Waals surface area (Å²) in [7, 11) is 1.39. The predicted molar refractivity (Wildman–Crippen MR) is 49.3 cm³/mol. The monoisotopic (exact) mass is 220 g/mol. The van der Waals surface area contributed by atoms with E-state index < -0.39 is 12.8 Å². The van der Waals surface area contributed by atoms with Crippen molar-refractivity contribution in [3.63, 3.8) is 0 Å². The summed E-state index contributed by atoms with van der Waals surface area (Å²) in [5.41, 5.74) is 0.733. The zero-order chi connectivity index (χ0) is 11.5. The van der Waals surface area contributed by atoms with Crippen LogP contribution in [-0.4, -0.2) is 19.9 Å². The van der Waals surface area contributed by atoms with Crippen LogP contribution < -0.4 is 9.47 Å². The molecule has 0 aromatic heterocycles. The van der Waals surface area contributed by atoms with Crippen molar-refractivity contribution in [1.29, 1.82) is 0 Å². The maximum Gasteiger partial charge on any atom is 0.422 e. The van der Waals surface area contributed by atoms with Gasteiger partial charge in [0.05, 0.1) is 7.11 Å². The van der Waals surface area contributed by atoms with E-state index in [2.05, 4.69) is 4.74 Å². The summed E-state index contributed by atoms with van der Waals surface area (Å²) >= 11 is 0. The number of ether oxygens (including phenoxy) is 2. The second-order valence-electron chi connectivity index (χ2n) is 3.01. The van der Waals surface area contributed by atoms with Gasteiger partial charge in [-0.25, -0.2) is 0 Å². The molecular weight excluding hydrogens is 209 g/mol. The lowest BCUT2D eigenvalue weighted by molar-refractivity contribution is -0.153. The van der Waals surface area contributed by atoms with Crippen molar-refractivity contribution in [2.75, 3.05) is 13.7 Å². The number of rotatable bonds is 3. The van der Waals surface area contributed by atoms with E-state index >= 15 is 0 Å². The van der Waals surface area contributed by atoms with Crippen LogP contribution in [0.2, 0.25) is 0 Å². The Bertz CT molecular complexity index is 334. The molecule has 2 nitrogen and oxygen atoms in total. The number of hydrogen-bond donors (Lipinski definition) is 0. The highest BCUT2D eigenvalue weighted by Crippen LogP contribution is 2.31. The van der Waals surface area contributed by atoms with Gasteiger partial charge in [0.15, 0.2) is 18.1 Å². The molecule has 0 heterocycles. The first kappa shape index (κ1) is 11.7. The summed E-state index contributed by atoms with van der Waals surface area (Å²) in [5, 5.41) is 0. The van der Waals surface area contributed by atoms with E-state index in [0.29, 0.717) is 5.75 Å². The highest BCUT2D eigenvalue weighted by Gasteiger charge is 2.29. The first-order valence-electron chi connectivity index (χ1n) is 4.27. The van der Waals surface area contributed by atoms with E-state index in [1.807, 2.05) is 0 Å². The molecule has 0 aliphatic rings. The molecule has 1 aromatic rings. The van der Waals surface area contributed by atoms with Crippen LogP contribution >= 0.6 is 0 Å². The molecule has 15 heavy (non-hydrogen) atoms. The van der Waals surface area contributed by atoms with Crippen LogP contribution in [-0.2, 0) is 0 Å². The van der Waals surface area contributed by atoms with Crippen molar-refractivity contribution >= 4 is 0 Å². The normalized spacial score (nSPS) is 11.3. The van der Waals surface area contributed by atoms with Crippen LogP contribution in [0.5, 0.6) is 11.5 Å². The Labute approximate surface area is 85.6 Å². The average Bonchev–Trinajstić information content (AvgIpc) is 2.13. The van der Waals surface area contributed by atoms with Gasteiger partial charge in [-0.2, -0.15) is 13.2 Å². The second-order valence-corrected chi connectivity index (χ2v) is 3.01. The Morgan fingerprint density at radius 1 is 1.27 bits per heavy atom. The van der Waals surface area contributed by atoms with Crippen LogP contribution in [0.15, 0.2) is 18.2 Å². The topological polar surface area (TPSA) is 18.5 Å². The molecule has 5 heteroatoms. The summed E-state index contributed by atoms with van der Waals surface area (Å²) in [6, 6.07) is 4.79. The SMILES string of the molecule is COc1c(C)cccc1OCC(F)(F)F. The number of aryl methyl sites for hydroxylation is 1. The molecule has 0 aliphatic heterocycles. The van der Waals surface area contributed by atoms with Crippen LogP contribution in [0.4, 0.5) is 13.2 Å². The van der Waals surface area contributed by atoms with E-state index in [1.54, 1.807) is 19.1 Å².